The molecule has 1 aliphatic rings. The lowest BCUT2D eigenvalue weighted by Crippen LogP contribution is -2.48. The number of nitrogens with zero attached hydrogens (tertiary/aromatic N) is 3. The first-order chi connectivity index (χ1) is 14.6. The normalized spacial score (nSPS) is 15.3. The van der Waals surface area contributed by atoms with Gasteiger partial charge in [-0.1, -0.05) is 47.6 Å². The number of aryl methyl sites for hydroxylation is 1. The molecule has 0 unspecified atom stereocenters. The van der Waals surface area contributed by atoms with Gasteiger partial charge in [-0.2, -0.15) is 0 Å². The number of amides is 1. The van der Waals surface area contributed by atoms with Gasteiger partial charge in [-0.15, -0.1) is 0 Å². The predicted molar refractivity (Wildman–Crippen MR) is 118 cm³/mol. The molecule has 0 atom stereocenters. The van der Waals surface area contributed by atoms with Crippen LogP contribution in [0, 0.1) is 13.8 Å². The quantitative estimate of drug-likeness (QED) is 0.679. The van der Waals surface area contributed by atoms with E-state index in [1.807, 2.05) is 55.5 Å². The fourth-order valence-corrected chi connectivity index (χ4v) is 3.74. The average Bonchev–Trinajstić information content (AvgIpc) is 3.22. The average molecular weight is 405 g/mol. The van der Waals surface area contributed by atoms with Crippen molar-refractivity contribution in [3.05, 3.63) is 71.4 Å². The highest BCUT2D eigenvalue weighted by Crippen LogP contribution is 2.21. The second kappa shape index (κ2) is 9.24. The van der Waals surface area contributed by atoms with Gasteiger partial charge in [0, 0.05) is 50.0 Å². The Labute approximate surface area is 177 Å². The van der Waals surface area contributed by atoms with Crippen molar-refractivity contribution in [3.8, 4) is 11.3 Å². The molecule has 1 aliphatic heterocycles. The molecule has 3 aromatic rings. The van der Waals surface area contributed by atoms with Crippen molar-refractivity contribution in [2.45, 2.75) is 20.4 Å². The van der Waals surface area contributed by atoms with E-state index in [1.54, 1.807) is 0 Å². The number of anilines is 1. The molecule has 156 valence electrons. The Bertz CT molecular complexity index is 991. The molecule has 6 heteroatoms. The van der Waals surface area contributed by atoms with E-state index in [0.29, 0.717) is 6.54 Å². The summed E-state index contributed by atoms with van der Waals surface area (Å²) in [4.78, 5) is 17.0. The van der Waals surface area contributed by atoms with Crippen molar-refractivity contribution in [3.63, 3.8) is 0 Å². The van der Waals surface area contributed by atoms with Gasteiger partial charge >= 0.3 is 0 Å². The highest BCUT2D eigenvalue weighted by atomic mass is 16.5. The van der Waals surface area contributed by atoms with E-state index >= 15 is 0 Å². The van der Waals surface area contributed by atoms with Crippen LogP contribution < -0.4 is 5.32 Å². The summed E-state index contributed by atoms with van der Waals surface area (Å²) >= 11 is 0. The minimum absolute atomic E-state index is 0.0427. The third kappa shape index (κ3) is 4.96. The molecule has 30 heavy (non-hydrogen) atoms. The summed E-state index contributed by atoms with van der Waals surface area (Å²) in [5.74, 6) is 0.841. The Kier molecular flexibility index (Phi) is 6.26. The molecule has 6 nitrogen and oxygen atoms in total. The number of benzene rings is 2. The summed E-state index contributed by atoms with van der Waals surface area (Å²) in [5.41, 5.74) is 5.19. The van der Waals surface area contributed by atoms with Gasteiger partial charge in [-0.05, 0) is 31.0 Å². The number of carbonyl (C=O) groups is 1. The molecule has 1 amide bonds. The SMILES string of the molecule is Cc1cccc(NC(=O)CN2CCN(Cc3cc(-c4ccccc4)on3)CC2)c1C. The number of hydrogen-bond acceptors (Lipinski definition) is 5. The summed E-state index contributed by atoms with van der Waals surface area (Å²) in [6.07, 6.45) is 0. The molecule has 0 spiro atoms. The number of aromatic nitrogens is 1. The molecule has 0 saturated carbocycles. The van der Waals surface area contributed by atoms with E-state index in [0.717, 1.165) is 61.0 Å². The first-order valence-electron chi connectivity index (χ1n) is 10.4. The van der Waals surface area contributed by atoms with E-state index in [4.69, 9.17) is 4.52 Å². The summed E-state index contributed by atoms with van der Waals surface area (Å²) in [6.45, 7) is 8.82. The molecule has 1 N–H and O–H groups in total. The first kappa shape index (κ1) is 20.3. The van der Waals surface area contributed by atoms with Crippen LogP contribution in [0.25, 0.3) is 11.3 Å². The van der Waals surface area contributed by atoms with Crippen molar-refractivity contribution in [1.82, 2.24) is 15.0 Å². The van der Waals surface area contributed by atoms with E-state index in [9.17, 15) is 4.79 Å². The summed E-state index contributed by atoms with van der Waals surface area (Å²) in [7, 11) is 0. The number of piperazine rings is 1. The van der Waals surface area contributed by atoms with Crippen molar-refractivity contribution in [2.75, 3.05) is 38.0 Å². The van der Waals surface area contributed by atoms with Crippen LogP contribution in [0.4, 0.5) is 5.69 Å². The predicted octanol–water partition coefficient (Wildman–Crippen LogP) is 3.71. The second-order valence-corrected chi connectivity index (χ2v) is 7.90. The number of carbonyl (C=O) groups excluding carboxylic acids is 1. The minimum Gasteiger partial charge on any atom is -0.356 e. The third-order valence-corrected chi connectivity index (χ3v) is 5.71. The number of hydrogen-bond donors (Lipinski definition) is 1. The van der Waals surface area contributed by atoms with E-state index < -0.39 is 0 Å². The molecule has 0 radical (unpaired) electrons. The van der Waals surface area contributed by atoms with Crippen LogP contribution in [-0.4, -0.2) is 53.6 Å². The summed E-state index contributed by atoms with van der Waals surface area (Å²) in [5, 5.41) is 7.27. The molecule has 2 heterocycles. The largest absolute Gasteiger partial charge is 0.356 e. The van der Waals surface area contributed by atoms with Crippen molar-refractivity contribution >= 4 is 11.6 Å². The summed E-state index contributed by atoms with van der Waals surface area (Å²) < 4.78 is 5.50. The summed E-state index contributed by atoms with van der Waals surface area (Å²) in [6, 6.07) is 18.0. The van der Waals surface area contributed by atoms with Crippen LogP contribution in [0.15, 0.2) is 59.1 Å². The van der Waals surface area contributed by atoms with Gasteiger partial charge in [0.2, 0.25) is 5.91 Å². The van der Waals surface area contributed by atoms with Crippen molar-refractivity contribution in [2.24, 2.45) is 0 Å². The van der Waals surface area contributed by atoms with Gasteiger partial charge in [0.05, 0.1) is 12.2 Å². The standard InChI is InChI=1S/C24H28N4O2/c1-18-7-6-10-22(19(18)2)25-24(29)17-28-13-11-27(12-14-28)16-21-15-23(30-26-21)20-8-4-3-5-9-20/h3-10,15H,11-14,16-17H2,1-2H3,(H,25,29). The first-order valence-corrected chi connectivity index (χ1v) is 10.4. The van der Waals surface area contributed by atoms with Gasteiger partial charge in [-0.25, -0.2) is 0 Å². The zero-order chi connectivity index (χ0) is 20.9. The Morgan fingerprint density at radius 1 is 1.00 bits per heavy atom. The Hall–Kier alpha value is -2.96. The molecule has 1 fully saturated rings. The van der Waals surface area contributed by atoms with Gasteiger partial charge in [-0.3, -0.25) is 14.6 Å². The number of rotatable bonds is 6. The Morgan fingerprint density at radius 3 is 2.50 bits per heavy atom. The second-order valence-electron chi connectivity index (χ2n) is 7.90. The van der Waals surface area contributed by atoms with Crippen molar-refractivity contribution < 1.29 is 9.32 Å². The van der Waals surface area contributed by atoms with E-state index in [1.165, 1.54) is 5.56 Å². The highest BCUT2D eigenvalue weighted by Gasteiger charge is 2.20. The van der Waals surface area contributed by atoms with Gasteiger partial charge in [0.25, 0.3) is 0 Å². The molecule has 1 saturated heterocycles. The Balaban J connectivity index is 1.25. The maximum Gasteiger partial charge on any atom is 0.238 e. The zero-order valence-corrected chi connectivity index (χ0v) is 17.6. The van der Waals surface area contributed by atoms with E-state index in [-0.39, 0.29) is 5.91 Å². The van der Waals surface area contributed by atoms with E-state index in [2.05, 4.69) is 33.3 Å². The highest BCUT2D eigenvalue weighted by molar-refractivity contribution is 5.93. The molecule has 0 bridgehead atoms. The monoisotopic (exact) mass is 404 g/mol. The molecule has 4 rings (SSSR count). The molecular weight excluding hydrogens is 376 g/mol. The van der Waals surface area contributed by atoms with Crippen LogP contribution in [0.5, 0.6) is 0 Å². The topological polar surface area (TPSA) is 61.6 Å². The maximum absolute atomic E-state index is 12.5. The fourth-order valence-electron chi connectivity index (χ4n) is 3.74. The zero-order valence-electron chi connectivity index (χ0n) is 17.6. The lowest BCUT2D eigenvalue weighted by Gasteiger charge is -2.33. The van der Waals surface area contributed by atoms with Gasteiger partial charge < -0.3 is 9.84 Å². The van der Waals surface area contributed by atoms with Crippen molar-refractivity contribution in [1.29, 1.82) is 0 Å². The maximum atomic E-state index is 12.5. The molecule has 1 aromatic heterocycles. The number of nitrogens with one attached hydrogen (secondary N) is 1. The lowest BCUT2D eigenvalue weighted by atomic mass is 10.1. The third-order valence-electron chi connectivity index (χ3n) is 5.71. The minimum atomic E-state index is 0.0427. The fraction of sp³-hybridized carbons (Fsp3) is 0.333. The smallest absolute Gasteiger partial charge is 0.238 e. The lowest BCUT2D eigenvalue weighted by molar-refractivity contribution is -0.117. The van der Waals surface area contributed by atoms with Gasteiger partial charge in [0.1, 0.15) is 0 Å². The van der Waals surface area contributed by atoms with Crippen LogP contribution in [0.2, 0.25) is 0 Å². The molecular formula is C24H28N4O2. The molecule has 0 aliphatic carbocycles. The van der Waals surface area contributed by atoms with Crippen LogP contribution in [0.1, 0.15) is 16.8 Å². The Morgan fingerprint density at radius 2 is 1.73 bits per heavy atom. The van der Waals surface area contributed by atoms with Crippen LogP contribution in [-0.2, 0) is 11.3 Å². The van der Waals surface area contributed by atoms with Crippen LogP contribution in [0.3, 0.4) is 0 Å². The van der Waals surface area contributed by atoms with Crippen LogP contribution >= 0.6 is 0 Å². The van der Waals surface area contributed by atoms with Gasteiger partial charge in [0.15, 0.2) is 5.76 Å². The molecule has 2 aromatic carbocycles.